The van der Waals surface area contributed by atoms with Crippen LogP contribution >= 0.6 is 22.6 Å². The zero-order valence-electron chi connectivity index (χ0n) is 8.90. The lowest BCUT2D eigenvalue weighted by atomic mass is 10.1. The van der Waals surface area contributed by atoms with E-state index in [-0.39, 0.29) is 0 Å². The molecule has 0 fully saturated rings. The summed E-state index contributed by atoms with van der Waals surface area (Å²) in [5, 5.41) is 8.59. The van der Waals surface area contributed by atoms with Crippen molar-refractivity contribution < 1.29 is 9.90 Å². The van der Waals surface area contributed by atoms with Gasteiger partial charge in [0, 0.05) is 3.57 Å². The molecule has 0 radical (unpaired) electrons. The van der Waals surface area contributed by atoms with Gasteiger partial charge in [-0.05, 0) is 46.7 Å². The summed E-state index contributed by atoms with van der Waals surface area (Å²) in [6, 6.07) is 6.86. The summed E-state index contributed by atoms with van der Waals surface area (Å²) in [6.07, 6.45) is 0.381. The summed E-state index contributed by atoms with van der Waals surface area (Å²) in [6.45, 7) is 4.00. The van der Waals surface area contributed by atoms with Gasteiger partial charge in [-0.25, -0.2) is 0 Å². The van der Waals surface area contributed by atoms with E-state index in [2.05, 4.69) is 22.6 Å². The van der Waals surface area contributed by atoms with Crippen LogP contribution in [-0.2, 0) is 11.2 Å². The van der Waals surface area contributed by atoms with E-state index in [0.717, 1.165) is 9.13 Å². The molecule has 1 aromatic rings. The van der Waals surface area contributed by atoms with Gasteiger partial charge in [0.25, 0.3) is 0 Å². The molecule has 0 aliphatic heterocycles. The van der Waals surface area contributed by atoms with E-state index in [1.807, 2.05) is 38.1 Å². The fourth-order valence-electron chi connectivity index (χ4n) is 1.01. The van der Waals surface area contributed by atoms with E-state index in [0.29, 0.717) is 6.42 Å². The summed E-state index contributed by atoms with van der Waals surface area (Å²) in [7, 11) is 0. The van der Waals surface area contributed by atoms with Gasteiger partial charge in [-0.3, -0.25) is 4.79 Å². The second kappa shape index (κ2) is 7.64. The third kappa shape index (κ3) is 5.74. The molecule has 0 amide bonds. The fraction of sp³-hybridized carbons (Fsp3) is 0.364. The topological polar surface area (TPSA) is 63.3 Å². The molecule has 0 unspecified atom stereocenters. The van der Waals surface area contributed by atoms with Gasteiger partial charge in [0.1, 0.15) is 6.04 Å². The fourth-order valence-corrected chi connectivity index (χ4v) is 1.61. The number of rotatable bonds is 3. The predicted molar refractivity (Wildman–Crippen MR) is 69.8 cm³/mol. The molecular weight excluding hydrogens is 305 g/mol. The minimum Gasteiger partial charge on any atom is -0.480 e. The van der Waals surface area contributed by atoms with Crippen LogP contribution in [0.4, 0.5) is 0 Å². The van der Waals surface area contributed by atoms with E-state index in [4.69, 9.17) is 10.8 Å². The van der Waals surface area contributed by atoms with Crippen molar-refractivity contribution in [3.05, 3.63) is 33.4 Å². The Bertz CT molecular complexity index is 315. The molecule has 0 aliphatic carbocycles. The van der Waals surface area contributed by atoms with Crippen LogP contribution in [0, 0.1) is 3.57 Å². The van der Waals surface area contributed by atoms with Crippen molar-refractivity contribution in [2.75, 3.05) is 0 Å². The van der Waals surface area contributed by atoms with Crippen LogP contribution < -0.4 is 5.73 Å². The average molecular weight is 321 g/mol. The number of carbonyl (C=O) groups is 1. The first-order chi connectivity index (χ1) is 7.09. The summed E-state index contributed by atoms with van der Waals surface area (Å²) < 4.78 is 1.09. The first-order valence-electron chi connectivity index (χ1n) is 4.82. The van der Waals surface area contributed by atoms with E-state index in [9.17, 15) is 4.79 Å². The van der Waals surface area contributed by atoms with Crippen molar-refractivity contribution in [2.24, 2.45) is 5.73 Å². The molecule has 1 atom stereocenters. The quantitative estimate of drug-likeness (QED) is 0.840. The van der Waals surface area contributed by atoms with E-state index < -0.39 is 12.0 Å². The third-order valence-corrected chi connectivity index (χ3v) is 2.33. The normalized spacial score (nSPS) is 11.2. The second-order valence-electron chi connectivity index (χ2n) is 2.78. The van der Waals surface area contributed by atoms with Crippen molar-refractivity contribution in [3.8, 4) is 0 Å². The number of carboxylic acids is 1. The van der Waals surface area contributed by atoms with Gasteiger partial charge in [-0.1, -0.05) is 26.0 Å². The molecule has 84 valence electrons. The lowest BCUT2D eigenvalue weighted by molar-refractivity contribution is -0.138. The first kappa shape index (κ1) is 14.4. The van der Waals surface area contributed by atoms with Crippen LogP contribution in [0.25, 0.3) is 0 Å². The number of nitrogens with two attached hydrogens (primary N) is 1. The Labute approximate surface area is 104 Å². The van der Waals surface area contributed by atoms with Crippen LogP contribution in [-0.4, -0.2) is 17.1 Å². The Balaban J connectivity index is 0.000000921. The minimum atomic E-state index is -0.959. The van der Waals surface area contributed by atoms with Crippen LogP contribution in [0.15, 0.2) is 24.3 Å². The predicted octanol–water partition coefficient (Wildman–Crippen LogP) is 2.27. The van der Waals surface area contributed by atoms with Crippen LogP contribution in [0.3, 0.4) is 0 Å². The molecule has 0 heterocycles. The smallest absolute Gasteiger partial charge is 0.320 e. The zero-order valence-corrected chi connectivity index (χ0v) is 11.1. The maximum atomic E-state index is 10.5. The van der Waals surface area contributed by atoms with Crippen molar-refractivity contribution in [2.45, 2.75) is 26.3 Å². The van der Waals surface area contributed by atoms with Gasteiger partial charge >= 0.3 is 5.97 Å². The zero-order chi connectivity index (χ0) is 11.8. The lowest BCUT2D eigenvalue weighted by Crippen LogP contribution is -2.32. The largest absolute Gasteiger partial charge is 0.480 e. The van der Waals surface area contributed by atoms with Gasteiger partial charge in [-0.15, -0.1) is 0 Å². The van der Waals surface area contributed by atoms with E-state index in [1.54, 1.807) is 0 Å². The molecule has 4 heteroatoms. The minimum absolute atomic E-state index is 0.381. The average Bonchev–Trinajstić information content (AvgIpc) is 2.20. The highest BCUT2D eigenvalue weighted by Crippen LogP contribution is 2.09. The van der Waals surface area contributed by atoms with Crippen LogP contribution in [0.5, 0.6) is 0 Å². The second-order valence-corrected chi connectivity index (χ2v) is 4.02. The molecule has 0 saturated heterocycles. The highest BCUT2D eigenvalue weighted by Gasteiger charge is 2.11. The maximum Gasteiger partial charge on any atom is 0.320 e. The standard InChI is InChI=1S/C9H10INO2.C2H6/c10-7-3-1-2-6(4-7)5-8(11)9(12)13;1-2/h1-4,8H,5,11H2,(H,12,13);1-2H3/t8-;/m0./s1. The van der Waals surface area contributed by atoms with Crippen LogP contribution in [0.2, 0.25) is 0 Å². The van der Waals surface area contributed by atoms with E-state index >= 15 is 0 Å². The van der Waals surface area contributed by atoms with Gasteiger partial charge in [0.2, 0.25) is 0 Å². The molecular formula is C11H16INO2. The van der Waals surface area contributed by atoms with Crippen molar-refractivity contribution in [1.29, 1.82) is 0 Å². The molecule has 1 aromatic carbocycles. The molecule has 0 aliphatic rings. The SMILES string of the molecule is CC.N[C@@H](Cc1cccc(I)c1)C(=O)O. The Morgan fingerprint density at radius 1 is 1.53 bits per heavy atom. The summed E-state index contributed by atoms with van der Waals surface area (Å²) >= 11 is 2.18. The lowest BCUT2D eigenvalue weighted by Gasteiger charge is -2.05. The van der Waals surface area contributed by atoms with Gasteiger partial charge in [0.05, 0.1) is 0 Å². The third-order valence-electron chi connectivity index (χ3n) is 1.66. The molecule has 0 saturated carbocycles. The molecule has 0 bridgehead atoms. The molecule has 3 N–H and O–H groups in total. The van der Waals surface area contributed by atoms with Gasteiger partial charge in [-0.2, -0.15) is 0 Å². The highest BCUT2D eigenvalue weighted by atomic mass is 127. The number of aliphatic carboxylic acids is 1. The summed E-state index contributed by atoms with van der Waals surface area (Å²) in [5.41, 5.74) is 6.36. The number of hydrogen-bond acceptors (Lipinski definition) is 2. The van der Waals surface area contributed by atoms with Gasteiger partial charge < -0.3 is 10.8 Å². The van der Waals surface area contributed by atoms with Crippen molar-refractivity contribution >= 4 is 28.6 Å². The number of halogens is 1. The summed E-state index contributed by atoms with van der Waals surface area (Å²) in [5.74, 6) is -0.959. The Morgan fingerprint density at radius 2 is 2.13 bits per heavy atom. The number of hydrogen-bond donors (Lipinski definition) is 2. The molecule has 0 aromatic heterocycles. The monoisotopic (exact) mass is 321 g/mol. The Hall–Kier alpha value is -0.620. The van der Waals surface area contributed by atoms with E-state index in [1.165, 1.54) is 0 Å². The van der Waals surface area contributed by atoms with Crippen molar-refractivity contribution in [1.82, 2.24) is 0 Å². The van der Waals surface area contributed by atoms with Gasteiger partial charge in [0.15, 0.2) is 0 Å². The molecule has 1 rings (SSSR count). The Morgan fingerprint density at radius 3 is 2.60 bits per heavy atom. The Kier molecular flexibility index (Phi) is 7.33. The summed E-state index contributed by atoms with van der Waals surface area (Å²) in [4.78, 5) is 10.5. The molecule has 15 heavy (non-hydrogen) atoms. The number of carboxylic acid groups (broad SMARTS) is 1. The number of benzene rings is 1. The van der Waals surface area contributed by atoms with Crippen molar-refractivity contribution in [3.63, 3.8) is 0 Å². The first-order valence-corrected chi connectivity index (χ1v) is 5.90. The highest BCUT2D eigenvalue weighted by molar-refractivity contribution is 14.1. The molecule has 3 nitrogen and oxygen atoms in total. The van der Waals surface area contributed by atoms with Crippen LogP contribution in [0.1, 0.15) is 19.4 Å². The maximum absolute atomic E-state index is 10.5. The molecule has 0 spiro atoms.